The third kappa shape index (κ3) is 4.09. The monoisotopic (exact) mass is 282 g/mol. The molecular weight excluding hydrogens is 260 g/mol. The normalized spacial score (nSPS) is 12.0. The molecule has 0 aliphatic heterocycles. The van der Waals surface area contributed by atoms with Gasteiger partial charge in [0.15, 0.2) is 0 Å². The van der Waals surface area contributed by atoms with Crippen molar-refractivity contribution in [1.82, 2.24) is 5.32 Å². The lowest BCUT2D eigenvalue weighted by Gasteiger charge is -2.17. The van der Waals surface area contributed by atoms with Crippen molar-refractivity contribution >= 4 is 11.6 Å². The van der Waals surface area contributed by atoms with E-state index in [0.29, 0.717) is 12.1 Å². The highest BCUT2D eigenvalue weighted by molar-refractivity contribution is 5.79. The maximum Gasteiger partial charge on any atom is 0.224 e. The van der Waals surface area contributed by atoms with E-state index in [0.717, 1.165) is 5.56 Å². The first-order valence-corrected chi connectivity index (χ1v) is 7.16. The van der Waals surface area contributed by atoms with E-state index >= 15 is 0 Å². The standard InChI is InChI=1S/C18H22N2O/c1-12-4-5-13(2)17(10-12)14(3)20-18(21)11-15-6-8-16(19)9-7-15/h4-10,14H,11,19H2,1-3H3,(H,20,21). The van der Waals surface area contributed by atoms with Gasteiger partial charge in [-0.05, 0) is 49.6 Å². The van der Waals surface area contributed by atoms with Gasteiger partial charge in [-0.2, -0.15) is 0 Å². The quantitative estimate of drug-likeness (QED) is 0.845. The number of hydrogen-bond donors (Lipinski definition) is 2. The van der Waals surface area contributed by atoms with Crippen molar-refractivity contribution in [2.75, 3.05) is 5.73 Å². The molecule has 2 aromatic carbocycles. The Morgan fingerprint density at radius 2 is 1.81 bits per heavy atom. The van der Waals surface area contributed by atoms with Gasteiger partial charge >= 0.3 is 0 Å². The van der Waals surface area contributed by atoms with E-state index in [9.17, 15) is 4.79 Å². The van der Waals surface area contributed by atoms with Crippen LogP contribution in [0, 0.1) is 13.8 Å². The molecule has 110 valence electrons. The van der Waals surface area contributed by atoms with Gasteiger partial charge < -0.3 is 11.1 Å². The molecule has 0 heterocycles. The molecule has 1 unspecified atom stereocenters. The van der Waals surface area contributed by atoms with E-state index in [2.05, 4.69) is 37.4 Å². The summed E-state index contributed by atoms with van der Waals surface area (Å²) in [6, 6.07) is 13.7. The molecule has 0 bridgehead atoms. The number of nitrogens with one attached hydrogen (secondary N) is 1. The van der Waals surface area contributed by atoms with Crippen molar-refractivity contribution in [2.24, 2.45) is 0 Å². The third-order valence-electron chi connectivity index (χ3n) is 3.62. The number of carbonyl (C=O) groups excluding carboxylic acids is 1. The van der Waals surface area contributed by atoms with Gasteiger partial charge in [0.2, 0.25) is 5.91 Å². The number of carbonyl (C=O) groups is 1. The number of benzene rings is 2. The molecular formula is C18H22N2O. The second-order valence-corrected chi connectivity index (χ2v) is 5.57. The minimum Gasteiger partial charge on any atom is -0.399 e. The lowest BCUT2D eigenvalue weighted by molar-refractivity contribution is -0.121. The highest BCUT2D eigenvalue weighted by Gasteiger charge is 2.12. The molecule has 0 aromatic heterocycles. The third-order valence-corrected chi connectivity index (χ3v) is 3.62. The molecule has 0 saturated heterocycles. The van der Waals surface area contributed by atoms with Crippen LogP contribution in [0.1, 0.15) is 35.2 Å². The number of hydrogen-bond acceptors (Lipinski definition) is 2. The van der Waals surface area contributed by atoms with Crippen LogP contribution in [0.25, 0.3) is 0 Å². The topological polar surface area (TPSA) is 55.1 Å². The Hall–Kier alpha value is -2.29. The van der Waals surface area contributed by atoms with Crippen LogP contribution >= 0.6 is 0 Å². The average Bonchev–Trinajstić information content (AvgIpc) is 2.44. The molecule has 3 nitrogen and oxygen atoms in total. The van der Waals surface area contributed by atoms with E-state index < -0.39 is 0 Å². The van der Waals surface area contributed by atoms with Crippen LogP contribution in [-0.4, -0.2) is 5.91 Å². The summed E-state index contributed by atoms with van der Waals surface area (Å²) in [5, 5.41) is 3.06. The average molecular weight is 282 g/mol. The van der Waals surface area contributed by atoms with Gasteiger partial charge in [-0.15, -0.1) is 0 Å². The first-order valence-electron chi connectivity index (χ1n) is 7.16. The molecule has 0 saturated carbocycles. The number of rotatable bonds is 4. The number of nitrogens with two attached hydrogens (primary N) is 1. The summed E-state index contributed by atoms with van der Waals surface area (Å²) in [5.74, 6) is 0.0215. The maximum atomic E-state index is 12.1. The lowest BCUT2D eigenvalue weighted by atomic mass is 10.00. The molecule has 2 rings (SSSR count). The van der Waals surface area contributed by atoms with Crippen LogP contribution in [0.2, 0.25) is 0 Å². The minimum absolute atomic E-state index is 0.00572. The molecule has 21 heavy (non-hydrogen) atoms. The summed E-state index contributed by atoms with van der Waals surface area (Å²) < 4.78 is 0. The first-order chi connectivity index (χ1) is 9.95. The van der Waals surface area contributed by atoms with Gasteiger partial charge in [0, 0.05) is 5.69 Å². The summed E-state index contributed by atoms with van der Waals surface area (Å²) in [6.07, 6.45) is 0.371. The summed E-state index contributed by atoms with van der Waals surface area (Å²) in [6.45, 7) is 6.14. The summed E-state index contributed by atoms with van der Waals surface area (Å²) >= 11 is 0. The first kappa shape index (κ1) is 15.1. The zero-order chi connectivity index (χ0) is 15.4. The number of aryl methyl sites for hydroxylation is 2. The molecule has 0 aliphatic carbocycles. The summed E-state index contributed by atoms with van der Waals surface area (Å²) in [5.41, 5.74) is 10.9. The fraction of sp³-hybridized carbons (Fsp3) is 0.278. The van der Waals surface area contributed by atoms with E-state index in [4.69, 9.17) is 5.73 Å². The van der Waals surface area contributed by atoms with Crippen LogP contribution in [0.3, 0.4) is 0 Å². The van der Waals surface area contributed by atoms with Crippen LogP contribution in [-0.2, 0) is 11.2 Å². The van der Waals surface area contributed by atoms with Gasteiger partial charge in [-0.1, -0.05) is 35.9 Å². The van der Waals surface area contributed by atoms with Crippen molar-refractivity contribution in [3.63, 3.8) is 0 Å². The SMILES string of the molecule is Cc1ccc(C)c(C(C)NC(=O)Cc2ccc(N)cc2)c1. The molecule has 0 fully saturated rings. The molecule has 3 N–H and O–H groups in total. The Morgan fingerprint density at radius 1 is 1.14 bits per heavy atom. The Bertz CT molecular complexity index is 632. The molecule has 2 aromatic rings. The van der Waals surface area contributed by atoms with Crippen LogP contribution < -0.4 is 11.1 Å². The highest BCUT2D eigenvalue weighted by atomic mass is 16.1. The predicted octanol–water partition coefficient (Wildman–Crippen LogP) is 3.31. The van der Waals surface area contributed by atoms with E-state index in [1.807, 2.05) is 31.2 Å². The predicted molar refractivity (Wildman–Crippen MR) is 87.0 cm³/mol. The van der Waals surface area contributed by atoms with E-state index in [1.165, 1.54) is 16.7 Å². The Labute approximate surface area is 126 Å². The second-order valence-electron chi connectivity index (χ2n) is 5.57. The summed E-state index contributed by atoms with van der Waals surface area (Å²) in [7, 11) is 0. The zero-order valence-electron chi connectivity index (χ0n) is 12.8. The van der Waals surface area contributed by atoms with Gasteiger partial charge in [0.05, 0.1) is 12.5 Å². The van der Waals surface area contributed by atoms with Crippen molar-refractivity contribution in [1.29, 1.82) is 0 Å². The minimum atomic E-state index is 0.00572. The number of anilines is 1. The molecule has 1 amide bonds. The fourth-order valence-electron chi connectivity index (χ4n) is 2.42. The molecule has 0 radical (unpaired) electrons. The van der Waals surface area contributed by atoms with E-state index in [1.54, 1.807) is 0 Å². The molecule has 1 atom stereocenters. The second kappa shape index (κ2) is 6.44. The number of nitrogen functional groups attached to an aromatic ring is 1. The lowest BCUT2D eigenvalue weighted by Crippen LogP contribution is -2.28. The molecule has 0 aliphatic rings. The highest BCUT2D eigenvalue weighted by Crippen LogP contribution is 2.19. The van der Waals surface area contributed by atoms with Gasteiger partial charge in [-0.25, -0.2) is 0 Å². The van der Waals surface area contributed by atoms with Crippen molar-refractivity contribution in [3.8, 4) is 0 Å². The molecule has 0 spiro atoms. The van der Waals surface area contributed by atoms with Crippen molar-refractivity contribution in [3.05, 3.63) is 64.7 Å². The van der Waals surface area contributed by atoms with Crippen LogP contribution in [0.15, 0.2) is 42.5 Å². The fourth-order valence-corrected chi connectivity index (χ4v) is 2.42. The largest absolute Gasteiger partial charge is 0.399 e. The van der Waals surface area contributed by atoms with Crippen molar-refractivity contribution in [2.45, 2.75) is 33.2 Å². The number of amides is 1. The van der Waals surface area contributed by atoms with Gasteiger partial charge in [0.25, 0.3) is 0 Å². The van der Waals surface area contributed by atoms with Crippen LogP contribution in [0.4, 0.5) is 5.69 Å². The summed E-state index contributed by atoms with van der Waals surface area (Å²) in [4.78, 5) is 12.1. The maximum absolute atomic E-state index is 12.1. The Balaban J connectivity index is 2.01. The Morgan fingerprint density at radius 3 is 2.48 bits per heavy atom. The van der Waals surface area contributed by atoms with Gasteiger partial charge in [-0.3, -0.25) is 4.79 Å². The Kier molecular flexibility index (Phi) is 4.63. The van der Waals surface area contributed by atoms with Crippen LogP contribution in [0.5, 0.6) is 0 Å². The smallest absolute Gasteiger partial charge is 0.224 e. The zero-order valence-corrected chi connectivity index (χ0v) is 12.8. The van der Waals surface area contributed by atoms with Crippen molar-refractivity contribution < 1.29 is 4.79 Å². The van der Waals surface area contributed by atoms with E-state index in [-0.39, 0.29) is 11.9 Å². The molecule has 3 heteroatoms. The van der Waals surface area contributed by atoms with Gasteiger partial charge in [0.1, 0.15) is 0 Å².